The molecule has 6 heteroatoms. The van der Waals surface area contributed by atoms with E-state index in [-0.39, 0.29) is 18.0 Å². The molecule has 0 fully saturated rings. The highest BCUT2D eigenvalue weighted by Crippen LogP contribution is 2.25. The number of halogens is 1. The van der Waals surface area contributed by atoms with E-state index in [4.69, 9.17) is 0 Å². The normalized spacial score (nSPS) is 9.88. The van der Waals surface area contributed by atoms with Crippen LogP contribution in [0.5, 0.6) is 0 Å². The van der Waals surface area contributed by atoms with Crippen LogP contribution in [0.4, 0.5) is 15.8 Å². The highest BCUT2D eigenvalue weighted by atomic mass is 19.1. The topological polar surface area (TPSA) is 72.2 Å². The molecule has 0 aliphatic carbocycles. The fourth-order valence-electron chi connectivity index (χ4n) is 1.20. The lowest BCUT2D eigenvalue weighted by Gasteiger charge is -2.04. The first-order chi connectivity index (χ1) is 7.54. The Hall–Kier alpha value is -1.98. The molecule has 5 nitrogen and oxygen atoms in total. The Kier molecular flexibility index (Phi) is 3.93. The van der Waals surface area contributed by atoms with Gasteiger partial charge in [-0.1, -0.05) is 6.92 Å². The van der Waals surface area contributed by atoms with Gasteiger partial charge in [0.25, 0.3) is 5.69 Å². The zero-order chi connectivity index (χ0) is 12.1. The molecule has 0 aromatic heterocycles. The number of nitro groups is 1. The Bertz CT molecular complexity index is 421. The molecule has 0 unspecified atom stereocenters. The molecule has 86 valence electrons. The van der Waals surface area contributed by atoms with Crippen LogP contribution in [0, 0.1) is 15.9 Å². The van der Waals surface area contributed by atoms with E-state index >= 15 is 0 Å². The Morgan fingerprint density at radius 3 is 2.81 bits per heavy atom. The first-order valence-corrected chi connectivity index (χ1v) is 4.78. The van der Waals surface area contributed by atoms with Gasteiger partial charge in [-0.05, 0) is 18.6 Å². The predicted molar refractivity (Wildman–Crippen MR) is 56.6 cm³/mol. The Morgan fingerprint density at radius 2 is 2.25 bits per heavy atom. The maximum Gasteiger partial charge on any atom is 0.295 e. The van der Waals surface area contributed by atoms with E-state index < -0.39 is 16.4 Å². The van der Waals surface area contributed by atoms with E-state index in [0.717, 1.165) is 12.1 Å². The molecule has 0 saturated carbocycles. The molecule has 0 radical (unpaired) electrons. The van der Waals surface area contributed by atoms with Crippen molar-refractivity contribution in [1.29, 1.82) is 0 Å². The van der Waals surface area contributed by atoms with E-state index in [1.54, 1.807) is 0 Å². The number of carbonyl (C=O) groups is 1. The predicted octanol–water partition coefficient (Wildman–Crippen LogP) is 2.47. The lowest BCUT2D eigenvalue weighted by atomic mass is 10.2. The summed E-state index contributed by atoms with van der Waals surface area (Å²) in [4.78, 5) is 21.1. The summed E-state index contributed by atoms with van der Waals surface area (Å²) >= 11 is 0. The summed E-state index contributed by atoms with van der Waals surface area (Å²) in [5.74, 6) is -1.03. The molecule has 0 heterocycles. The highest BCUT2D eigenvalue weighted by Gasteiger charge is 2.16. The number of nitrogens with zero attached hydrogens (tertiary/aromatic N) is 1. The van der Waals surface area contributed by atoms with Crippen molar-refractivity contribution in [3.8, 4) is 0 Å². The van der Waals surface area contributed by atoms with Crippen molar-refractivity contribution in [2.75, 3.05) is 5.32 Å². The van der Waals surface area contributed by atoms with Crippen LogP contribution in [-0.2, 0) is 4.79 Å². The molecule has 1 rings (SSSR count). The SMILES string of the molecule is CCCC(=O)Nc1ccc(F)cc1[N+](=O)[O-]. The zero-order valence-electron chi connectivity index (χ0n) is 8.70. The van der Waals surface area contributed by atoms with Gasteiger partial charge in [0, 0.05) is 6.42 Å². The number of benzene rings is 1. The summed E-state index contributed by atoms with van der Waals surface area (Å²) in [6.45, 7) is 1.82. The van der Waals surface area contributed by atoms with Crippen molar-refractivity contribution in [1.82, 2.24) is 0 Å². The van der Waals surface area contributed by atoms with E-state index in [9.17, 15) is 19.3 Å². The Labute approximate surface area is 91.4 Å². The minimum atomic E-state index is -0.732. The van der Waals surface area contributed by atoms with Gasteiger partial charge in [0.15, 0.2) is 0 Å². The molecule has 16 heavy (non-hydrogen) atoms. The molecule has 1 aromatic carbocycles. The number of amides is 1. The van der Waals surface area contributed by atoms with Crippen LogP contribution >= 0.6 is 0 Å². The first kappa shape index (κ1) is 12.1. The van der Waals surface area contributed by atoms with Gasteiger partial charge >= 0.3 is 0 Å². The molecule has 1 aromatic rings. The molecule has 0 spiro atoms. The van der Waals surface area contributed by atoms with Crippen LogP contribution in [0.2, 0.25) is 0 Å². The van der Waals surface area contributed by atoms with Crippen molar-refractivity contribution < 1.29 is 14.1 Å². The van der Waals surface area contributed by atoms with Crippen LogP contribution in [0.1, 0.15) is 19.8 Å². The van der Waals surface area contributed by atoms with Gasteiger partial charge in [0.05, 0.1) is 11.0 Å². The molecule has 0 bridgehead atoms. The smallest absolute Gasteiger partial charge is 0.295 e. The maximum atomic E-state index is 12.8. The molecule has 1 N–H and O–H groups in total. The van der Waals surface area contributed by atoms with Gasteiger partial charge in [-0.3, -0.25) is 14.9 Å². The molecular weight excluding hydrogens is 215 g/mol. The average molecular weight is 226 g/mol. The summed E-state index contributed by atoms with van der Waals surface area (Å²) in [6, 6.07) is 3.02. The number of anilines is 1. The molecule has 0 aliphatic heterocycles. The standard InChI is InChI=1S/C10H11FN2O3/c1-2-3-10(14)12-8-5-4-7(11)6-9(8)13(15)16/h4-6H,2-3H2,1H3,(H,12,14). The second kappa shape index (κ2) is 5.20. The summed E-state index contributed by atoms with van der Waals surface area (Å²) in [7, 11) is 0. The quantitative estimate of drug-likeness (QED) is 0.633. The van der Waals surface area contributed by atoms with Crippen molar-refractivity contribution >= 4 is 17.3 Å². The average Bonchev–Trinajstić information content (AvgIpc) is 2.20. The number of nitrogens with one attached hydrogen (secondary N) is 1. The Balaban J connectivity index is 2.95. The summed E-state index contributed by atoms with van der Waals surface area (Å²) in [5, 5.41) is 13.0. The summed E-state index contributed by atoms with van der Waals surface area (Å²) in [6.07, 6.45) is 0.912. The monoisotopic (exact) mass is 226 g/mol. The largest absolute Gasteiger partial charge is 0.320 e. The zero-order valence-corrected chi connectivity index (χ0v) is 8.70. The lowest BCUT2D eigenvalue weighted by molar-refractivity contribution is -0.384. The van der Waals surface area contributed by atoms with Crippen molar-refractivity contribution in [2.45, 2.75) is 19.8 Å². The van der Waals surface area contributed by atoms with Crippen LogP contribution in [-0.4, -0.2) is 10.8 Å². The number of hydrogen-bond acceptors (Lipinski definition) is 3. The maximum absolute atomic E-state index is 12.8. The minimum Gasteiger partial charge on any atom is -0.320 e. The van der Waals surface area contributed by atoms with Gasteiger partial charge in [-0.25, -0.2) is 4.39 Å². The number of rotatable bonds is 4. The molecule has 1 amide bonds. The van der Waals surface area contributed by atoms with E-state index in [0.29, 0.717) is 6.42 Å². The van der Waals surface area contributed by atoms with Crippen molar-refractivity contribution in [3.63, 3.8) is 0 Å². The lowest BCUT2D eigenvalue weighted by Crippen LogP contribution is -2.12. The van der Waals surface area contributed by atoms with Gasteiger partial charge in [-0.2, -0.15) is 0 Å². The van der Waals surface area contributed by atoms with Crippen LogP contribution < -0.4 is 5.32 Å². The Morgan fingerprint density at radius 1 is 1.56 bits per heavy atom. The van der Waals surface area contributed by atoms with Gasteiger partial charge in [0.2, 0.25) is 5.91 Å². The minimum absolute atomic E-state index is 0.0184. The van der Waals surface area contributed by atoms with E-state index in [1.807, 2.05) is 6.92 Å². The van der Waals surface area contributed by atoms with Crippen LogP contribution in [0.25, 0.3) is 0 Å². The van der Waals surface area contributed by atoms with E-state index in [2.05, 4.69) is 5.32 Å². The summed E-state index contributed by atoms with van der Waals surface area (Å²) < 4.78 is 12.8. The van der Waals surface area contributed by atoms with Gasteiger partial charge < -0.3 is 5.32 Å². The number of hydrogen-bond donors (Lipinski definition) is 1. The third-order valence-corrected chi connectivity index (χ3v) is 1.91. The first-order valence-electron chi connectivity index (χ1n) is 4.78. The number of nitro benzene ring substituents is 1. The second-order valence-corrected chi connectivity index (χ2v) is 3.22. The number of carbonyl (C=O) groups excluding carboxylic acids is 1. The van der Waals surface area contributed by atoms with Crippen molar-refractivity contribution in [3.05, 3.63) is 34.1 Å². The third kappa shape index (κ3) is 3.01. The molecule has 0 saturated heterocycles. The van der Waals surface area contributed by atoms with E-state index in [1.165, 1.54) is 6.07 Å². The van der Waals surface area contributed by atoms with Crippen LogP contribution in [0.15, 0.2) is 18.2 Å². The molecule has 0 atom stereocenters. The third-order valence-electron chi connectivity index (χ3n) is 1.91. The highest BCUT2D eigenvalue weighted by molar-refractivity contribution is 5.92. The molecular formula is C10H11FN2O3. The van der Waals surface area contributed by atoms with Gasteiger partial charge in [0.1, 0.15) is 11.5 Å². The summed E-state index contributed by atoms with van der Waals surface area (Å²) in [5.41, 5.74) is -0.422. The molecule has 0 aliphatic rings. The van der Waals surface area contributed by atoms with Crippen molar-refractivity contribution in [2.24, 2.45) is 0 Å². The fourth-order valence-corrected chi connectivity index (χ4v) is 1.20. The van der Waals surface area contributed by atoms with Gasteiger partial charge in [-0.15, -0.1) is 0 Å². The second-order valence-electron chi connectivity index (χ2n) is 3.22. The van der Waals surface area contributed by atoms with Crippen LogP contribution in [0.3, 0.4) is 0 Å². The fraction of sp³-hybridized carbons (Fsp3) is 0.300.